The Morgan fingerprint density at radius 3 is 2.43 bits per heavy atom. The molecule has 0 saturated carbocycles. The minimum absolute atomic E-state index is 0.0711. The Bertz CT molecular complexity index is 531. The Balaban J connectivity index is 2.99. The minimum atomic E-state index is -5.06. The molecular formula is C14H22F3N3O3. The van der Waals surface area contributed by atoms with E-state index in [2.05, 4.69) is 10.3 Å². The summed E-state index contributed by atoms with van der Waals surface area (Å²) in [5.41, 5.74) is -3.38. The Hall–Kier alpha value is -1.61. The lowest BCUT2D eigenvalue weighted by atomic mass is 9.95. The molecule has 0 aliphatic carbocycles. The van der Waals surface area contributed by atoms with Crippen molar-refractivity contribution in [2.24, 2.45) is 13.0 Å². The molecule has 132 valence electrons. The predicted molar refractivity (Wildman–Crippen MR) is 76.2 cm³/mol. The molecule has 0 spiro atoms. The smallest absolute Gasteiger partial charge is 0.396 e. The number of amides is 1. The molecule has 2 atom stereocenters. The lowest BCUT2D eigenvalue weighted by Gasteiger charge is -2.30. The fourth-order valence-corrected chi connectivity index (χ4v) is 2.27. The number of nitrogens with zero attached hydrogens (tertiary/aromatic N) is 2. The molecular weight excluding hydrogens is 315 g/mol. The summed E-state index contributed by atoms with van der Waals surface area (Å²) in [5, 5.41) is 21.5. The monoisotopic (exact) mass is 337 g/mol. The molecule has 0 aliphatic heterocycles. The average molecular weight is 337 g/mol. The topological polar surface area (TPSA) is 87.4 Å². The normalized spacial score (nSPS) is 16.2. The van der Waals surface area contributed by atoms with E-state index in [0.29, 0.717) is 0 Å². The van der Waals surface area contributed by atoms with Crippen LogP contribution in [0.3, 0.4) is 0 Å². The van der Waals surface area contributed by atoms with Crippen LogP contribution < -0.4 is 5.32 Å². The van der Waals surface area contributed by atoms with Crippen LogP contribution in [0.15, 0.2) is 12.4 Å². The van der Waals surface area contributed by atoms with Gasteiger partial charge in [0.2, 0.25) is 11.5 Å². The third kappa shape index (κ3) is 4.44. The van der Waals surface area contributed by atoms with Crippen molar-refractivity contribution in [3.8, 4) is 0 Å². The highest BCUT2D eigenvalue weighted by atomic mass is 19.4. The van der Waals surface area contributed by atoms with Gasteiger partial charge in [0.05, 0.1) is 6.42 Å². The lowest BCUT2D eigenvalue weighted by molar-refractivity contribution is -0.271. The summed E-state index contributed by atoms with van der Waals surface area (Å²) in [6, 6.07) is -0.480. The summed E-state index contributed by atoms with van der Waals surface area (Å²) < 4.78 is 41.0. The number of hydrogen-bond donors (Lipinski definition) is 3. The summed E-state index contributed by atoms with van der Waals surface area (Å²) in [6.45, 7) is 3.34. The molecule has 2 unspecified atom stereocenters. The van der Waals surface area contributed by atoms with E-state index >= 15 is 0 Å². The van der Waals surface area contributed by atoms with E-state index in [1.807, 2.05) is 0 Å². The first-order chi connectivity index (χ1) is 10.5. The maximum atomic E-state index is 13.3. The van der Waals surface area contributed by atoms with Crippen LogP contribution in [0.2, 0.25) is 0 Å². The molecule has 1 aromatic rings. The van der Waals surface area contributed by atoms with E-state index in [1.165, 1.54) is 13.2 Å². The quantitative estimate of drug-likeness (QED) is 0.695. The molecule has 1 heterocycles. The van der Waals surface area contributed by atoms with E-state index in [-0.39, 0.29) is 18.9 Å². The zero-order valence-electron chi connectivity index (χ0n) is 13.3. The van der Waals surface area contributed by atoms with Crippen LogP contribution in [0.25, 0.3) is 0 Å². The first-order valence-corrected chi connectivity index (χ1v) is 7.20. The van der Waals surface area contributed by atoms with Gasteiger partial charge < -0.3 is 20.1 Å². The van der Waals surface area contributed by atoms with Crippen LogP contribution in [-0.4, -0.2) is 44.5 Å². The SMILES string of the molecule is CC(C)C(CCO)NC(=O)CC(O)(c1nccn1C)C(F)(F)F. The van der Waals surface area contributed by atoms with E-state index in [4.69, 9.17) is 5.11 Å². The molecule has 6 nitrogen and oxygen atoms in total. The Labute approximate surface area is 132 Å². The summed E-state index contributed by atoms with van der Waals surface area (Å²) >= 11 is 0. The van der Waals surface area contributed by atoms with Crippen molar-refractivity contribution in [1.29, 1.82) is 0 Å². The van der Waals surface area contributed by atoms with Gasteiger partial charge in [-0.15, -0.1) is 0 Å². The zero-order valence-corrected chi connectivity index (χ0v) is 13.3. The van der Waals surface area contributed by atoms with Crippen molar-refractivity contribution < 1.29 is 28.2 Å². The second kappa shape index (κ2) is 7.31. The summed E-state index contributed by atoms with van der Waals surface area (Å²) in [6.07, 6.45) is -3.67. The average Bonchev–Trinajstić information content (AvgIpc) is 2.83. The molecule has 3 N–H and O–H groups in total. The Kier molecular flexibility index (Phi) is 6.18. The number of aryl methyl sites for hydroxylation is 1. The highest BCUT2D eigenvalue weighted by Gasteiger charge is 2.58. The number of aromatic nitrogens is 2. The molecule has 1 rings (SSSR count). The molecule has 0 aromatic carbocycles. The van der Waals surface area contributed by atoms with Crippen LogP contribution in [0, 0.1) is 5.92 Å². The van der Waals surface area contributed by atoms with Gasteiger partial charge in [0.25, 0.3) is 0 Å². The van der Waals surface area contributed by atoms with Gasteiger partial charge in [-0.3, -0.25) is 4.79 Å². The number of imidazole rings is 1. The van der Waals surface area contributed by atoms with Crippen molar-refractivity contribution >= 4 is 5.91 Å². The highest BCUT2D eigenvalue weighted by molar-refractivity contribution is 5.77. The molecule has 0 radical (unpaired) electrons. The molecule has 23 heavy (non-hydrogen) atoms. The number of rotatable bonds is 7. The number of halogens is 3. The van der Waals surface area contributed by atoms with Gasteiger partial charge in [-0.1, -0.05) is 13.8 Å². The Morgan fingerprint density at radius 1 is 1.43 bits per heavy atom. The molecule has 9 heteroatoms. The second-order valence-electron chi connectivity index (χ2n) is 5.83. The first kappa shape index (κ1) is 19.4. The van der Waals surface area contributed by atoms with Crippen LogP contribution in [-0.2, 0) is 17.4 Å². The number of carbonyl (C=O) groups excluding carboxylic acids is 1. The van der Waals surface area contributed by atoms with E-state index in [9.17, 15) is 23.1 Å². The van der Waals surface area contributed by atoms with E-state index in [1.54, 1.807) is 13.8 Å². The zero-order chi connectivity index (χ0) is 17.8. The molecule has 0 bridgehead atoms. The molecule has 0 fully saturated rings. The third-order valence-electron chi connectivity index (χ3n) is 3.67. The van der Waals surface area contributed by atoms with Crippen LogP contribution in [0.4, 0.5) is 13.2 Å². The number of aliphatic hydroxyl groups excluding tert-OH is 1. The van der Waals surface area contributed by atoms with Crippen molar-refractivity contribution in [3.63, 3.8) is 0 Å². The third-order valence-corrected chi connectivity index (χ3v) is 3.67. The fraction of sp³-hybridized carbons (Fsp3) is 0.714. The first-order valence-electron chi connectivity index (χ1n) is 7.20. The van der Waals surface area contributed by atoms with Gasteiger partial charge in [-0.05, 0) is 12.3 Å². The number of aliphatic hydroxyl groups is 2. The molecule has 1 amide bonds. The maximum Gasteiger partial charge on any atom is 0.425 e. The predicted octanol–water partition coefficient (Wildman–Crippen LogP) is 1.08. The number of alkyl halides is 3. The summed E-state index contributed by atoms with van der Waals surface area (Å²) in [7, 11) is 1.31. The van der Waals surface area contributed by atoms with Crippen LogP contribution in [0.5, 0.6) is 0 Å². The Morgan fingerprint density at radius 2 is 2.04 bits per heavy atom. The van der Waals surface area contributed by atoms with Gasteiger partial charge in [-0.25, -0.2) is 4.98 Å². The highest BCUT2D eigenvalue weighted by Crippen LogP contribution is 2.40. The van der Waals surface area contributed by atoms with Crippen LogP contribution >= 0.6 is 0 Å². The second-order valence-corrected chi connectivity index (χ2v) is 5.83. The van der Waals surface area contributed by atoms with Crippen molar-refractivity contribution in [3.05, 3.63) is 18.2 Å². The number of nitrogens with one attached hydrogen (secondary N) is 1. The fourth-order valence-electron chi connectivity index (χ4n) is 2.27. The van der Waals surface area contributed by atoms with Crippen molar-refractivity contribution in [1.82, 2.24) is 14.9 Å². The summed E-state index contributed by atoms with van der Waals surface area (Å²) in [5.74, 6) is -1.68. The van der Waals surface area contributed by atoms with Gasteiger partial charge in [0.15, 0.2) is 5.82 Å². The standard InChI is InChI=1S/C14H22F3N3O3/c1-9(2)10(4-7-21)19-11(22)8-13(23,14(15,16)17)12-18-5-6-20(12)3/h5-6,9-10,21,23H,4,7-8H2,1-3H3,(H,19,22). The van der Waals surface area contributed by atoms with E-state index in [0.717, 1.165) is 10.8 Å². The number of carbonyl (C=O) groups is 1. The van der Waals surface area contributed by atoms with Gasteiger partial charge in [-0.2, -0.15) is 13.2 Å². The molecule has 0 aliphatic rings. The van der Waals surface area contributed by atoms with Crippen LogP contribution in [0.1, 0.15) is 32.5 Å². The maximum absolute atomic E-state index is 13.3. The summed E-state index contributed by atoms with van der Waals surface area (Å²) in [4.78, 5) is 15.5. The molecule has 0 saturated heterocycles. The lowest BCUT2D eigenvalue weighted by Crippen LogP contribution is -2.49. The van der Waals surface area contributed by atoms with Gasteiger partial charge in [0.1, 0.15) is 0 Å². The number of hydrogen-bond acceptors (Lipinski definition) is 4. The largest absolute Gasteiger partial charge is 0.425 e. The van der Waals surface area contributed by atoms with Crippen molar-refractivity contribution in [2.75, 3.05) is 6.61 Å². The minimum Gasteiger partial charge on any atom is -0.396 e. The molecule has 1 aromatic heterocycles. The van der Waals surface area contributed by atoms with Gasteiger partial charge in [0, 0.05) is 32.1 Å². The van der Waals surface area contributed by atoms with Crippen molar-refractivity contribution in [2.45, 2.75) is 44.5 Å². The van der Waals surface area contributed by atoms with E-state index < -0.39 is 36.0 Å². The van der Waals surface area contributed by atoms with Gasteiger partial charge >= 0.3 is 6.18 Å².